The highest BCUT2D eigenvalue weighted by molar-refractivity contribution is 5.35. The number of pyridine rings is 1. The van der Waals surface area contributed by atoms with Gasteiger partial charge in [0.2, 0.25) is 0 Å². The second-order valence-corrected chi connectivity index (χ2v) is 3.99. The summed E-state index contributed by atoms with van der Waals surface area (Å²) in [6.07, 6.45) is 6.53. The monoisotopic (exact) mass is 216 g/mol. The first-order chi connectivity index (χ1) is 7.70. The minimum atomic E-state index is 0.654. The first kappa shape index (κ1) is 10.8. The summed E-state index contributed by atoms with van der Waals surface area (Å²) >= 11 is 0. The van der Waals surface area contributed by atoms with Crippen molar-refractivity contribution in [3.8, 4) is 5.82 Å². The lowest BCUT2D eigenvalue weighted by atomic mass is 10.1. The fourth-order valence-corrected chi connectivity index (χ4v) is 1.70. The van der Waals surface area contributed by atoms with Gasteiger partial charge in [-0.25, -0.2) is 9.67 Å². The molecule has 0 saturated heterocycles. The van der Waals surface area contributed by atoms with E-state index in [1.807, 2.05) is 32.4 Å². The van der Waals surface area contributed by atoms with Crippen LogP contribution in [0.5, 0.6) is 0 Å². The summed E-state index contributed by atoms with van der Waals surface area (Å²) in [4.78, 5) is 4.43. The maximum atomic E-state index is 5.52. The Hall–Kier alpha value is -1.68. The molecule has 0 aliphatic carbocycles. The molecule has 0 fully saturated rings. The predicted molar refractivity (Wildman–Crippen MR) is 63.6 cm³/mol. The summed E-state index contributed by atoms with van der Waals surface area (Å²) in [5.41, 5.74) is 8.94. The molecule has 2 N–H and O–H groups in total. The molecular weight excluding hydrogens is 200 g/mol. The van der Waals surface area contributed by atoms with Crippen molar-refractivity contribution in [1.82, 2.24) is 14.8 Å². The van der Waals surface area contributed by atoms with Gasteiger partial charge >= 0.3 is 0 Å². The van der Waals surface area contributed by atoms with Crippen LogP contribution in [0, 0.1) is 13.8 Å². The Morgan fingerprint density at radius 1 is 1.31 bits per heavy atom. The van der Waals surface area contributed by atoms with Gasteiger partial charge in [-0.2, -0.15) is 5.10 Å². The van der Waals surface area contributed by atoms with Gasteiger partial charge in [0, 0.05) is 12.4 Å². The Bertz CT molecular complexity index is 488. The van der Waals surface area contributed by atoms with Crippen LogP contribution in [0.1, 0.15) is 16.7 Å². The Balaban J connectivity index is 2.36. The zero-order valence-electron chi connectivity index (χ0n) is 9.64. The topological polar surface area (TPSA) is 56.7 Å². The van der Waals surface area contributed by atoms with E-state index in [2.05, 4.69) is 16.1 Å². The second kappa shape index (κ2) is 4.45. The maximum absolute atomic E-state index is 5.52. The van der Waals surface area contributed by atoms with E-state index in [-0.39, 0.29) is 0 Å². The van der Waals surface area contributed by atoms with Gasteiger partial charge in [0.1, 0.15) is 0 Å². The van der Waals surface area contributed by atoms with Crippen LogP contribution in [0.2, 0.25) is 0 Å². The molecule has 0 unspecified atom stereocenters. The Kier molecular flexibility index (Phi) is 3.01. The van der Waals surface area contributed by atoms with Crippen LogP contribution < -0.4 is 5.73 Å². The third-order valence-corrected chi connectivity index (χ3v) is 2.47. The molecule has 16 heavy (non-hydrogen) atoms. The lowest BCUT2D eigenvalue weighted by Gasteiger charge is -2.06. The molecule has 0 bridgehead atoms. The molecule has 0 atom stereocenters. The van der Waals surface area contributed by atoms with E-state index in [0.717, 1.165) is 23.4 Å². The molecule has 2 aromatic rings. The summed E-state index contributed by atoms with van der Waals surface area (Å²) in [6.45, 7) is 4.71. The Labute approximate surface area is 95.1 Å². The van der Waals surface area contributed by atoms with E-state index in [9.17, 15) is 0 Å². The highest BCUT2D eigenvalue weighted by atomic mass is 15.3. The number of nitrogens with zero attached hydrogens (tertiary/aromatic N) is 3. The molecule has 0 spiro atoms. The van der Waals surface area contributed by atoms with Crippen molar-refractivity contribution in [2.24, 2.45) is 5.73 Å². The lowest BCUT2D eigenvalue weighted by molar-refractivity contribution is 0.831. The predicted octanol–water partition coefficient (Wildman–Crippen LogP) is 1.39. The molecule has 4 heteroatoms. The van der Waals surface area contributed by atoms with Crippen LogP contribution in [0.4, 0.5) is 0 Å². The van der Waals surface area contributed by atoms with Gasteiger partial charge in [0.15, 0.2) is 5.82 Å². The van der Waals surface area contributed by atoms with Crippen molar-refractivity contribution < 1.29 is 0 Å². The SMILES string of the molecule is Cc1cnn(-c2ncc(CCN)cc2C)c1. The van der Waals surface area contributed by atoms with Crippen LogP contribution in [-0.4, -0.2) is 21.3 Å². The van der Waals surface area contributed by atoms with Crippen LogP contribution in [0.25, 0.3) is 5.82 Å². The molecule has 84 valence electrons. The quantitative estimate of drug-likeness (QED) is 0.843. The third kappa shape index (κ3) is 2.12. The number of aryl methyl sites for hydroxylation is 2. The van der Waals surface area contributed by atoms with E-state index < -0.39 is 0 Å². The Morgan fingerprint density at radius 3 is 2.69 bits per heavy atom. The minimum Gasteiger partial charge on any atom is -0.330 e. The molecule has 0 aromatic carbocycles. The maximum Gasteiger partial charge on any atom is 0.156 e. The molecule has 4 nitrogen and oxygen atoms in total. The molecule has 0 aliphatic rings. The van der Waals surface area contributed by atoms with Crippen LogP contribution >= 0.6 is 0 Å². The average Bonchev–Trinajstić information content (AvgIpc) is 2.65. The van der Waals surface area contributed by atoms with E-state index in [1.54, 1.807) is 4.68 Å². The van der Waals surface area contributed by atoms with Crippen molar-refractivity contribution in [3.63, 3.8) is 0 Å². The summed E-state index contributed by atoms with van der Waals surface area (Å²) in [7, 11) is 0. The fourth-order valence-electron chi connectivity index (χ4n) is 1.70. The van der Waals surface area contributed by atoms with Crippen molar-refractivity contribution >= 4 is 0 Å². The Morgan fingerprint density at radius 2 is 2.12 bits per heavy atom. The molecular formula is C12H16N4. The largest absolute Gasteiger partial charge is 0.330 e. The summed E-state index contributed by atoms with van der Waals surface area (Å²) in [5, 5.41) is 4.25. The summed E-state index contributed by atoms with van der Waals surface area (Å²) < 4.78 is 1.80. The van der Waals surface area contributed by atoms with Crippen LogP contribution in [0.3, 0.4) is 0 Å². The van der Waals surface area contributed by atoms with Crippen molar-refractivity contribution in [2.45, 2.75) is 20.3 Å². The average molecular weight is 216 g/mol. The molecule has 0 amide bonds. The van der Waals surface area contributed by atoms with Gasteiger partial charge < -0.3 is 5.73 Å². The van der Waals surface area contributed by atoms with Gasteiger partial charge in [-0.1, -0.05) is 6.07 Å². The smallest absolute Gasteiger partial charge is 0.156 e. The second-order valence-electron chi connectivity index (χ2n) is 3.99. The van der Waals surface area contributed by atoms with E-state index in [1.165, 1.54) is 5.56 Å². The number of rotatable bonds is 3. The molecule has 2 rings (SSSR count). The standard InChI is InChI=1S/C12H16N4/c1-9-6-15-16(8-9)12-10(2)5-11(3-4-13)7-14-12/h5-8H,3-4,13H2,1-2H3. The van der Waals surface area contributed by atoms with Gasteiger partial charge in [0.05, 0.1) is 6.20 Å². The highest BCUT2D eigenvalue weighted by Gasteiger charge is 2.04. The number of aromatic nitrogens is 3. The number of hydrogen-bond donors (Lipinski definition) is 1. The van der Waals surface area contributed by atoms with Crippen LogP contribution in [0.15, 0.2) is 24.7 Å². The summed E-state index contributed by atoms with van der Waals surface area (Å²) in [5.74, 6) is 0.883. The summed E-state index contributed by atoms with van der Waals surface area (Å²) in [6, 6.07) is 2.12. The van der Waals surface area contributed by atoms with Crippen molar-refractivity contribution in [3.05, 3.63) is 41.3 Å². The van der Waals surface area contributed by atoms with E-state index in [4.69, 9.17) is 5.73 Å². The van der Waals surface area contributed by atoms with E-state index >= 15 is 0 Å². The molecule has 2 heterocycles. The lowest BCUT2D eigenvalue weighted by Crippen LogP contribution is -2.06. The van der Waals surface area contributed by atoms with Gasteiger partial charge in [-0.3, -0.25) is 0 Å². The minimum absolute atomic E-state index is 0.654. The van der Waals surface area contributed by atoms with E-state index in [0.29, 0.717) is 6.54 Å². The molecule has 0 radical (unpaired) electrons. The molecule has 0 saturated carbocycles. The van der Waals surface area contributed by atoms with Gasteiger partial charge in [-0.05, 0) is 43.5 Å². The zero-order valence-corrected chi connectivity index (χ0v) is 9.64. The third-order valence-electron chi connectivity index (χ3n) is 2.47. The zero-order chi connectivity index (χ0) is 11.5. The number of nitrogens with two attached hydrogens (primary N) is 1. The van der Waals surface area contributed by atoms with Gasteiger partial charge in [0.25, 0.3) is 0 Å². The van der Waals surface area contributed by atoms with Crippen molar-refractivity contribution in [2.75, 3.05) is 6.54 Å². The van der Waals surface area contributed by atoms with Crippen LogP contribution in [-0.2, 0) is 6.42 Å². The first-order valence-electron chi connectivity index (χ1n) is 5.38. The highest BCUT2D eigenvalue weighted by Crippen LogP contribution is 2.12. The normalized spacial score (nSPS) is 10.7. The number of hydrogen-bond acceptors (Lipinski definition) is 3. The fraction of sp³-hybridized carbons (Fsp3) is 0.333. The first-order valence-corrected chi connectivity index (χ1v) is 5.38. The molecule has 0 aliphatic heterocycles. The molecule has 2 aromatic heterocycles. The van der Waals surface area contributed by atoms with Crippen molar-refractivity contribution in [1.29, 1.82) is 0 Å². The van der Waals surface area contributed by atoms with Gasteiger partial charge in [-0.15, -0.1) is 0 Å².